The van der Waals surface area contributed by atoms with Crippen LogP contribution in [0.25, 0.3) is 0 Å². The van der Waals surface area contributed by atoms with Gasteiger partial charge in [-0.15, -0.1) is 0 Å². The zero-order valence-electron chi connectivity index (χ0n) is 29.6. The Labute approximate surface area is 266 Å². The minimum atomic E-state index is -2.11. The van der Waals surface area contributed by atoms with Gasteiger partial charge in [-0.3, -0.25) is 0 Å². The molecule has 0 heterocycles. The van der Waals surface area contributed by atoms with Crippen LogP contribution in [0, 0.1) is 11.8 Å². The maximum Gasteiger partial charge on any atom is 0.330 e. The second kappa shape index (κ2) is 16.5. The lowest BCUT2D eigenvalue weighted by atomic mass is 9.87. The van der Waals surface area contributed by atoms with Crippen molar-refractivity contribution in [3.8, 4) is 0 Å². The topological polar surface area (TPSA) is 65.0 Å². The highest BCUT2D eigenvalue weighted by molar-refractivity contribution is 6.74. The number of ether oxygens (including phenoxy) is 1. The molecule has 0 saturated carbocycles. The summed E-state index contributed by atoms with van der Waals surface area (Å²) in [5.74, 6) is -0.0624. The zero-order valence-corrected chi connectivity index (χ0v) is 31.6. The van der Waals surface area contributed by atoms with Crippen LogP contribution in [0.3, 0.4) is 0 Å². The van der Waals surface area contributed by atoms with Gasteiger partial charge in [0.15, 0.2) is 16.6 Å². The maximum absolute atomic E-state index is 11.4. The molecule has 1 N–H and O–H groups in total. The monoisotopic (exact) mass is 630 g/mol. The lowest BCUT2D eigenvalue weighted by Crippen LogP contribution is -2.46. The predicted molar refractivity (Wildman–Crippen MR) is 187 cm³/mol. The van der Waals surface area contributed by atoms with Gasteiger partial charge in [0.1, 0.15) is 0 Å². The van der Waals surface area contributed by atoms with Gasteiger partial charge in [0.05, 0.1) is 25.4 Å². The molecule has 1 rings (SSSR count). The third kappa shape index (κ3) is 12.6. The number of hydrogen-bond acceptors (Lipinski definition) is 5. The first kappa shape index (κ1) is 39.2. The average Bonchev–Trinajstić information content (AvgIpc) is 2.90. The van der Waals surface area contributed by atoms with Gasteiger partial charge < -0.3 is 18.7 Å². The van der Waals surface area contributed by atoms with E-state index in [9.17, 15) is 9.90 Å². The number of esters is 1. The van der Waals surface area contributed by atoms with E-state index in [-0.39, 0.29) is 40.0 Å². The fraction of sp³-hybridized carbons (Fsp3) is 0.639. The highest BCUT2D eigenvalue weighted by Crippen LogP contribution is 2.41. The van der Waals surface area contributed by atoms with Crippen molar-refractivity contribution in [1.82, 2.24) is 0 Å². The van der Waals surface area contributed by atoms with Crippen molar-refractivity contribution in [2.45, 2.75) is 129 Å². The number of aliphatic hydroxyl groups is 1. The molecule has 0 aromatic heterocycles. The lowest BCUT2D eigenvalue weighted by Gasteiger charge is -2.42. The van der Waals surface area contributed by atoms with E-state index in [4.69, 9.17) is 8.85 Å². The van der Waals surface area contributed by atoms with E-state index in [1.165, 1.54) is 18.7 Å². The van der Waals surface area contributed by atoms with Crippen molar-refractivity contribution in [1.29, 1.82) is 0 Å². The molecule has 0 radical (unpaired) electrons. The predicted octanol–water partition coefficient (Wildman–Crippen LogP) is 9.44. The first-order valence-corrected chi connectivity index (χ1v) is 21.6. The van der Waals surface area contributed by atoms with E-state index in [0.717, 1.165) is 0 Å². The molecule has 0 aliphatic heterocycles. The molecule has 0 aliphatic carbocycles. The molecule has 0 aliphatic rings. The quantitative estimate of drug-likeness (QED) is 0.0688. The number of carbonyl (C=O) groups excluding carboxylic acids is 1. The van der Waals surface area contributed by atoms with Gasteiger partial charge in [0.25, 0.3) is 0 Å². The second-order valence-corrected chi connectivity index (χ2v) is 24.6. The van der Waals surface area contributed by atoms with Crippen LogP contribution in [0.15, 0.2) is 66.8 Å². The highest BCUT2D eigenvalue weighted by atomic mass is 28.4. The molecule has 244 valence electrons. The Balaban J connectivity index is 3.24. The van der Waals surface area contributed by atoms with Crippen molar-refractivity contribution in [2.75, 3.05) is 7.11 Å². The molecule has 0 spiro atoms. The lowest BCUT2D eigenvalue weighted by molar-refractivity contribution is -0.134. The summed E-state index contributed by atoms with van der Waals surface area (Å²) >= 11 is 0. The Hall–Kier alpha value is -1.78. The summed E-state index contributed by atoms with van der Waals surface area (Å²) in [5, 5.41) is 11.4. The molecule has 0 amide bonds. The van der Waals surface area contributed by atoms with Crippen LogP contribution in [0.5, 0.6) is 0 Å². The molecular formula is C36H62O5Si2. The first-order valence-electron chi connectivity index (χ1n) is 15.8. The van der Waals surface area contributed by atoms with Crippen molar-refractivity contribution >= 4 is 22.6 Å². The third-order valence-corrected chi connectivity index (χ3v) is 18.5. The molecule has 0 bridgehead atoms. The van der Waals surface area contributed by atoms with E-state index < -0.39 is 28.7 Å². The van der Waals surface area contributed by atoms with Gasteiger partial charge in [-0.05, 0) is 53.7 Å². The molecule has 6 atom stereocenters. The molecule has 1 aromatic carbocycles. The number of rotatable bonds is 15. The van der Waals surface area contributed by atoms with E-state index in [2.05, 4.69) is 124 Å². The normalized spacial score (nSPS) is 18.1. The number of carbonyl (C=O) groups is 1. The van der Waals surface area contributed by atoms with Crippen LogP contribution in [-0.4, -0.2) is 53.1 Å². The molecule has 5 nitrogen and oxygen atoms in total. The summed E-state index contributed by atoms with van der Waals surface area (Å²) in [6.07, 6.45) is 10.6. The smallest absolute Gasteiger partial charge is 0.330 e. The van der Waals surface area contributed by atoms with Gasteiger partial charge in [-0.2, -0.15) is 0 Å². The standard InChI is InChI=1S/C36H62O5Si2/c1-27(20-18-19-23-33(38)39-10)32(40-42(11,12)35(4,5)6)26-31(37)25-24-28(2)34(41-43(13,14)36(7,8)9)29(3)30-21-16-15-17-22-30/h15-25,27-29,31-32,34,37H,26H2,1-14H3/b20-18+,23-19-,25-24-/t27-,28+,29+,31-,32+,34+/m1/s1. The fourth-order valence-electron chi connectivity index (χ4n) is 4.35. The third-order valence-electron chi connectivity index (χ3n) is 9.48. The minimum absolute atomic E-state index is 0.0190. The van der Waals surface area contributed by atoms with Crippen LogP contribution in [0.2, 0.25) is 36.3 Å². The zero-order chi connectivity index (χ0) is 33.2. The first-order chi connectivity index (χ1) is 19.6. The molecule has 0 fully saturated rings. The second-order valence-electron chi connectivity index (χ2n) is 15.1. The van der Waals surface area contributed by atoms with Gasteiger partial charge >= 0.3 is 5.97 Å². The molecule has 1 aromatic rings. The number of benzene rings is 1. The van der Waals surface area contributed by atoms with Crippen LogP contribution in [-0.2, 0) is 18.4 Å². The Morgan fingerprint density at radius 2 is 1.35 bits per heavy atom. The Bertz CT molecular complexity index is 1060. The molecule has 0 unspecified atom stereocenters. The minimum Gasteiger partial charge on any atom is -0.466 e. The maximum atomic E-state index is 11.4. The van der Waals surface area contributed by atoms with Crippen LogP contribution in [0.1, 0.15) is 80.2 Å². The summed E-state index contributed by atoms with van der Waals surface area (Å²) in [4.78, 5) is 11.4. The number of hydrogen-bond donors (Lipinski definition) is 1. The fourth-order valence-corrected chi connectivity index (χ4v) is 7.22. The molecule has 7 heteroatoms. The summed E-state index contributed by atoms with van der Waals surface area (Å²) in [6, 6.07) is 10.6. The van der Waals surface area contributed by atoms with Gasteiger partial charge in [-0.25, -0.2) is 4.79 Å². The summed E-state index contributed by atoms with van der Waals surface area (Å²) in [5.41, 5.74) is 1.26. The number of allylic oxidation sites excluding steroid dienone is 2. The summed E-state index contributed by atoms with van der Waals surface area (Å²) in [6.45, 7) is 29.1. The SMILES string of the molecule is COC(=O)/C=C\C=C\[C@@H](C)[C@H](C[C@H](O)/C=C\[C@H](C)[C@H](O[Si](C)(C)C(C)(C)C)[C@@H](C)c1ccccc1)O[Si](C)(C)C(C)(C)C. The molecule has 43 heavy (non-hydrogen) atoms. The Kier molecular flexibility index (Phi) is 15.1. The van der Waals surface area contributed by atoms with Crippen molar-refractivity contribution in [2.24, 2.45) is 11.8 Å². The van der Waals surface area contributed by atoms with E-state index in [0.29, 0.717) is 6.42 Å². The van der Waals surface area contributed by atoms with Crippen molar-refractivity contribution in [3.63, 3.8) is 0 Å². The van der Waals surface area contributed by atoms with E-state index >= 15 is 0 Å². The number of methoxy groups -OCH3 is 1. The average molecular weight is 631 g/mol. The molecule has 0 saturated heterocycles. The largest absolute Gasteiger partial charge is 0.466 e. The Morgan fingerprint density at radius 3 is 1.86 bits per heavy atom. The van der Waals surface area contributed by atoms with Gasteiger partial charge in [0.2, 0.25) is 0 Å². The van der Waals surface area contributed by atoms with Gasteiger partial charge in [-0.1, -0.05) is 123 Å². The van der Waals surface area contributed by atoms with Crippen LogP contribution in [0.4, 0.5) is 0 Å². The summed E-state index contributed by atoms with van der Waals surface area (Å²) < 4.78 is 18.6. The number of aliphatic hydroxyl groups excluding tert-OH is 1. The Morgan fingerprint density at radius 1 is 0.814 bits per heavy atom. The van der Waals surface area contributed by atoms with Gasteiger partial charge in [0, 0.05) is 18.4 Å². The summed E-state index contributed by atoms with van der Waals surface area (Å²) in [7, 11) is -2.79. The van der Waals surface area contributed by atoms with E-state index in [1.807, 2.05) is 24.3 Å². The van der Waals surface area contributed by atoms with Crippen LogP contribution < -0.4 is 0 Å². The highest BCUT2D eigenvalue weighted by Gasteiger charge is 2.42. The molecular weight excluding hydrogens is 569 g/mol. The van der Waals surface area contributed by atoms with E-state index in [1.54, 1.807) is 6.08 Å². The van der Waals surface area contributed by atoms with Crippen molar-refractivity contribution < 1.29 is 23.5 Å². The van der Waals surface area contributed by atoms with Crippen molar-refractivity contribution in [3.05, 3.63) is 72.4 Å². The van der Waals surface area contributed by atoms with Crippen LogP contribution >= 0.6 is 0 Å².